The molecule has 1 aromatic heterocycles. The molecule has 7 nitrogen and oxygen atoms in total. The molecule has 8 heteroatoms. The highest BCUT2D eigenvalue weighted by Crippen LogP contribution is 2.21. The van der Waals surface area contributed by atoms with Crippen LogP contribution in [0.15, 0.2) is 45.8 Å². The number of ether oxygens (including phenoxy) is 1. The van der Waals surface area contributed by atoms with Gasteiger partial charge in [0, 0.05) is 6.07 Å². The zero-order valence-corrected chi connectivity index (χ0v) is 12.9. The van der Waals surface area contributed by atoms with Crippen molar-refractivity contribution in [3.63, 3.8) is 0 Å². The SMILES string of the molecule is CC(c1cc(=O)c(OCc2ccc(C#N)cc2)co1)S(=O)(=O)O. The maximum absolute atomic E-state index is 11.9. The Bertz CT molecular complexity index is 893. The summed E-state index contributed by atoms with van der Waals surface area (Å²) >= 11 is 0. The summed E-state index contributed by atoms with van der Waals surface area (Å²) in [5, 5.41) is 7.36. The van der Waals surface area contributed by atoms with E-state index >= 15 is 0 Å². The van der Waals surface area contributed by atoms with E-state index in [1.807, 2.05) is 6.07 Å². The van der Waals surface area contributed by atoms with Crippen molar-refractivity contribution < 1.29 is 22.1 Å². The van der Waals surface area contributed by atoms with Gasteiger partial charge in [-0.3, -0.25) is 9.35 Å². The van der Waals surface area contributed by atoms with Gasteiger partial charge < -0.3 is 9.15 Å². The van der Waals surface area contributed by atoms with Crippen LogP contribution >= 0.6 is 0 Å². The molecule has 2 aromatic rings. The van der Waals surface area contributed by atoms with Crippen molar-refractivity contribution in [2.24, 2.45) is 0 Å². The summed E-state index contributed by atoms with van der Waals surface area (Å²) < 4.78 is 41.4. The van der Waals surface area contributed by atoms with Crippen LogP contribution in [0.5, 0.6) is 5.75 Å². The summed E-state index contributed by atoms with van der Waals surface area (Å²) in [4.78, 5) is 11.9. The molecule has 0 amide bonds. The fourth-order valence-corrected chi connectivity index (χ4v) is 2.13. The first-order valence-corrected chi connectivity index (χ1v) is 8.02. The molecular formula is C15H13NO6S. The van der Waals surface area contributed by atoms with Crippen molar-refractivity contribution in [2.75, 3.05) is 0 Å². The van der Waals surface area contributed by atoms with Crippen LogP contribution < -0.4 is 10.2 Å². The predicted octanol–water partition coefficient (Wildman–Crippen LogP) is 2.04. The van der Waals surface area contributed by atoms with Crippen molar-refractivity contribution in [3.05, 3.63) is 63.7 Å². The van der Waals surface area contributed by atoms with Crippen LogP contribution in [0.3, 0.4) is 0 Å². The lowest BCUT2D eigenvalue weighted by molar-refractivity contribution is 0.289. The maximum atomic E-state index is 11.9. The number of hydrogen-bond donors (Lipinski definition) is 1. The monoisotopic (exact) mass is 335 g/mol. The van der Waals surface area contributed by atoms with Crippen molar-refractivity contribution in [3.8, 4) is 11.8 Å². The number of nitriles is 1. The van der Waals surface area contributed by atoms with Gasteiger partial charge in [-0.25, -0.2) is 0 Å². The molecule has 1 unspecified atom stereocenters. The summed E-state index contributed by atoms with van der Waals surface area (Å²) in [7, 11) is -4.35. The third-order valence-corrected chi connectivity index (χ3v) is 4.27. The zero-order valence-electron chi connectivity index (χ0n) is 12.1. The van der Waals surface area contributed by atoms with E-state index in [0.717, 1.165) is 17.9 Å². The van der Waals surface area contributed by atoms with Gasteiger partial charge in [0.15, 0.2) is 0 Å². The molecule has 0 saturated heterocycles. The molecule has 0 bridgehead atoms. The van der Waals surface area contributed by atoms with Gasteiger partial charge >= 0.3 is 0 Å². The topological polar surface area (TPSA) is 118 Å². The fourth-order valence-electron chi connectivity index (χ4n) is 1.72. The average molecular weight is 335 g/mol. The Morgan fingerprint density at radius 1 is 1.35 bits per heavy atom. The molecule has 120 valence electrons. The van der Waals surface area contributed by atoms with Gasteiger partial charge in [-0.2, -0.15) is 13.7 Å². The van der Waals surface area contributed by atoms with Crippen molar-refractivity contribution in [1.29, 1.82) is 5.26 Å². The van der Waals surface area contributed by atoms with Crippen molar-refractivity contribution in [1.82, 2.24) is 0 Å². The highest BCUT2D eigenvalue weighted by molar-refractivity contribution is 7.86. The lowest BCUT2D eigenvalue weighted by Crippen LogP contribution is -2.13. The Morgan fingerprint density at radius 3 is 2.52 bits per heavy atom. The van der Waals surface area contributed by atoms with E-state index in [-0.39, 0.29) is 18.1 Å². The van der Waals surface area contributed by atoms with Crippen LogP contribution in [0.1, 0.15) is 29.1 Å². The van der Waals surface area contributed by atoms with Gasteiger partial charge in [0.2, 0.25) is 11.2 Å². The molecule has 0 aliphatic rings. The first-order chi connectivity index (χ1) is 10.8. The van der Waals surface area contributed by atoms with Gasteiger partial charge in [-0.1, -0.05) is 12.1 Å². The molecule has 0 aliphatic heterocycles. The highest BCUT2D eigenvalue weighted by atomic mass is 32.2. The first-order valence-electron chi connectivity index (χ1n) is 6.52. The second kappa shape index (κ2) is 6.64. The van der Waals surface area contributed by atoms with Gasteiger partial charge in [0.05, 0.1) is 11.6 Å². The minimum Gasteiger partial charge on any atom is -0.482 e. The third kappa shape index (κ3) is 4.18. The molecular weight excluding hydrogens is 322 g/mol. The molecule has 0 spiro atoms. The maximum Gasteiger partial charge on any atom is 0.274 e. The number of hydrogen-bond acceptors (Lipinski definition) is 6. The van der Waals surface area contributed by atoms with E-state index in [1.54, 1.807) is 24.3 Å². The highest BCUT2D eigenvalue weighted by Gasteiger charge is 2.23. The number of rotatable bonds is 5. The summed E-state index contributed by atoms with van der Waals surface area (Å²) in [5.74, 6) is -0.260. The van der Waals surface area contributed by atoms with Gasteiger partial charge in [-0.15, -0.1) is 0 Å². The Hall–Kier alpha value is -2.63. The molecule has 0 aliphatic carbocycles. The lowest BCUT2D eigenvalue weighted by atomic mass is 10.2. The van der Waals surface area contributed by atoms with E-state index in [4.69, 9.17) is 19.0 Å². The Kier molecular flexibility index (Phi) is 4.83. The molecule has 1 aromatic carbocycles. The summed E-state index contributed by atoms with van der Waals surface area (Å²) in [6.07, 6.45) is 1.00. The van der Waals surface area contributed by atoms with Crippen LogP contribution in [0, 0.1) is 11.3 Å². The van der Waals surface area contributed by atoms with Crippen LogP contribution in [0.4, 0.5) is 0 Å². The largest absolute Gasteiger partial charge is 0.482 e. The van der Waals surface area contributed by atoms with Crippen LogP contribution in [-0.2, 0) is 16.7 Å². The molecule has 23 heavy (non-hydrogen) atoms. The minimum absolute atomic E-state index is 0.0827. The Morgan fingerprint density at radius 2 is 2.00 bits per heavy atom. The molecule has 1 heterocycles. The smallest absolute Gasteiger partial charge is 0.274 e. The third-order valence-electron chi connectivity index (χ3n) is 3.14. The molecule has 1 atom stereocenters. The zero-order chi connectivity index (χ0) is 17.0. The second-order valence-electron chi connectivity index (χ2n) is 4.77. The fraction of sp³-hybridized carbons (Fsp3) is 0.200. The number of nitrogens with zero attached hydrogens (tertiary/aromatic N) is 1. The number of benzene rings is 1. The van der Waals surface area contributed by atoms with E-state index in [0.29, 0.717) is 5.56 Å². The van der Waals surface area contributed by atoms with Gasteiger partial charge in [-0.05, 0) is 24.6 Å². The van der Waals surface area contributed by atoms with Crippen LogP contribution in [-0.4, -0.2) is 13.0 Å². The second-order valence-corrected chi connectivity index (χ2v) is 6.50. The Balaban J connectivity index is 2.12. The minimum atomic E-state index is -4.35. The molecule has 0 saturated carbocycles. The van der Waals surface area contributed by atoms with E-state index in [9.17, 15) is 13.2 Å². The van der Waals surface area contributed by atoms with Crippen LogP contribution in [0.25, 0.3) is 0 Å². The van der Waals surface area contributed by atoms with Crippen molar-refractivity contribution >= 4 is 10.1 Å². The van der Waals surface area contributed by atoms with E-state index < -0.39 is 20.8 Å². The average Bonchev–Trinajstić information content (AvgIpc) is 2.52. The van der Waals surface area contributed by atoms with Crippen molar-refractivity contribution in [2.45, 2.75) is 18.8 Å². The van der Waals surface area contributed by atoms with Gasteiger partial charge in [0.25, 0.3) is 10.1 Å². The molecule has 1 N–H and O–H groups in total. The van der Waals surface area contributed by atoms with Crippen LogP contribution in [0.2, 0.25) is 0 Å². The summed E-state index contributed by atoms with van der Waals surface area (Å²) in [5.41, 5.74) is 0.700. The quantitative estimate of drug-likeness (QED) is 0.831. The summed E-state index contributed by atoms with van der Waals surface area (Å²) in [6, 6.07) is 9.58. The lowest BCUT2D eigenvalue weighted by Gasteiger charge is -2.09. The predicted molar refractivity (Wildman–Crippen MR) is 80.4 cm³/mol. The van der Waals surface area contributed by atoms with E-state index in [1.165, 1.54) is 6.92 Å². The van der Waals surface area contributed by atoms with Gasteiger partial charge in [0.1, 0.15) is 23.9 Å². The van der Waals surface area contributed by atoms with E-state index in [2.05, 4.69) is 0 Å². The molecule has 2 rings (SSSR count). The summed E-state index contributed by atoms with van der Waals surface area (Å²) in [6.45, 7) is 1.29. The first kappa shape index (κ1) is 16.7. The Labute approximate surface area is 132 Å². The normalized spacial score (nSPS) is 12.4. The molecule has 0 fully saturated rings. The molecule has 0 radical (unpaired) electrons. The standard InChI is InChI=1S/C15H13NO6S/c1-10(23(18,19)20)14-6-13(17)15(9-22-14)21-8-12-4-2-11(7-16)3-5-12/h2-6,9-10H,8H2,1H3,(H,18,19,20).